The van der Waals surface area contributed by atoms with Crippen molar-refractivity contribution in [3.05, 3.63) is 24.3 Å². The Hall–Kier alpha value is -1.71. The Kier molecular flexibility index (Phi) is 6.79. The molecule has 0 aromatic heterocycles. The van der Waals surface area contributed by atoms with E-state index >= 15 is 0 Å². The zero-order valence-electron chi connectivity index (χ0n) is 12.0. The Balaban J connectivity index is 2.58. The van der Waals surface area contributed by atoms with Gasteiger partial charge in [-0.2, -0.15) is 0 Å². The van der Waals surface area contributed by atoms with Crippen molar-refractivity contribution in [2.45, 2.75) is 39.2 Å². The van der Waals surface area contributed by atoms with Gasteiger partial charge in [-0.15, -0.1) is 0 Å². The van der Waals surface area contributed by atoms with Crippen LogP contribution in [0, 0.1) is 0 Å². The fourth-order valence-corrected chi connectivity index (χ4v) is 1.86. The van der Waals surface area contributed by atoms with Gasteiger partial charge in [-0.3, -0.25) is 4.79 Å². The van der Waals surface area contributed by atoms with Gasteiger partial charge in [0.1, 0.15) is 5.75 Å². The smallest absolute Gasteiger partial charge is 0.257 e. The molecule has 2 N–H and O–H groups in total. The van der Waals surface area contributed by atoms with E-state index in [-0.39, 0.29) is 12.5 Å². The summed E-state index contributed by atoms with van der Waals surface area (Å²) >= 11 is 0. The highest BCUT2D eigenvalue weighted by Gasteiger charge is 2.06. The molecule has 1 unspecified atom stereocenters. The van der Waals surface area contributed by atoms with Crippen molar-refractivity contribution in [3.63, 3.8) is 0 Å². The molecule has 0 fully saturated rings. The van der Waals surface area contributed by atoms with Crippen LogP contribution in [0.1, 0.15) is 33.1 Å². The number of ether oxygens (including phenoxy) is 1. The number of hydrogen-bond acceptors (Lipinski definition) is 3. The molecule has 106 valence electrons. The second kappa shape index (κ2) is 8.40. The van der Waals surface area contributed by atoms with E-state index in [1.807, 2.05) is 24.3 Å². The maximum atomic E-state index is 11.1. The molecule has 19 heavy (non-hydrogen) atoms. The van der Waals surface area contributed by atoms with Gasteiger partial charge >= 0.3 is 0 Å². The molecule has 1 amide bonds. The zero-order chi connectivity index (χ0) is 14.1. The van der Waals surface area contributed by atoms with Gasteiger partial charge in [-0.05, 0) is 25.0 Å². The lowest BCUT2D eigenvalue weighted by molar-refractivity contribution is -0.122. The van der Waals surface area contributed by atoms with Crippen LogP contribution in [0.25, 0.3) is 0 Å². The number of carbonyl (C=O) groups is 1. The summed E-state index contributed by atoms with van der Waals surface area (Å²) in [6.45, 7) is 4.42. The van der Waals surface area contributed by atoms with Crippen LogP contribution < -0.4 is 15.4 Å². The molecule has 1 aromatic carbocycles. The van der Waals surface area contributed by atoms with E-state index in [0.29, 0.717) is 11.8 Å². The summed E-state index contributed by atoms with van der Waals surface area (Å²) in [5, 5.41) is 6.02. The van der Waals surface area contributed by atoms with Gasteiger partial charge in [0, 0.05) is 24.8 Å². The lowest BCUT2D eigenvalue weighted by Gasteiger charge is -2.18. The molecule has 0 aliphatic carbocycles. The summed E-state index contributed by atoms with van der Waals surface area (Å²) in [5.41, 5.74) is 1.04. The summed E-state index contributed by atoms with van der Waals surface area (Å²) in [6.07, 6.45) is 3.41. The summed E-state index contributed by atoms with van der Waals surface area (Å²) < 4.78 is 5.42. The number of hydrogen-bond donors (Lipinski definition) is 2. The molecule has 0 aliphatic rings. The highest BCUT2D eigenvalue weighted by atomic mass is 16.5. The summed E-state index contributed by atoms with van der Waals surface area (Å²) in [7, 11) is 1.60. The zero-order valence-corrected chi connectivity index (χ0v) is 12.0. The Bertz CT molecular complexity index is 393. The van der Waals surface area contributed by atoms with Crippen molar-refractivity contribution in [3.8, 4) is 5.75 Å². The quantitative estimate of drug-likeness (QED) is 0.759. The van der Waals surface area contributed by atoms with E-state index in [9.17, 15) is 4.79 Å². The van der Waals surface area contributed by atoms with E-state index < -0.39 is 0 Å². The molecule has 1 rings (SSSR count). The number of carbonyl (C=O) groups excluding carboxylic acids is 1. The molecule has 4 nitrogen and oxygen atoms in total. The Labute approximate surface area is 115 Å². The first-order valence-electron chi connectivity index (χ1n) is 6.89. The average molecular weight is 264 g/mol. The van der Waals surface area contributed by atoms with Gasteiger partial charge in [-0.25, -0.2) is 0 Å². The molecule has 0 radical (unpaired) electrons. The summed E-state index contributed by atoms with van der Waals surface area (Å²) in [6, 6.07) is 8.22. The maximum absolute atomic E-state index is 11.1. The molecule has 0 heterocycles. The third-order valence-corrected chi connectivity index (χ3v) is 2.98. The van der Waals surface area contributed by atoms with E-state index in [4.69, 9.17) is 4.74 Å². The molecular formula is C15H24N2O2. The second-order valence-corrected chi connectivity index (χ2v) is 4.53. The Morgan fingerprint density at radius 2 is 2.16 bits per heavy atom. The minimum absolute atomic E-state index is 0.0477. The summed E-state index contributed by atoms with van der Waals surface area (Å²) in [4.78, 5) is 11.1. The Morgan fingerprint density at radius 3 is 2.79 bits per heavy atom. The fraction of sp³-hybridized carbons (Fsp3) is 0.533. The van der Waals surface area contributed by atoms with Crippen molar-refractivity contribution >= 4 is 11.6 Å². The van der Waals surface area contributed by atoms with Crippen molar-refractivity contribution < 1.29 is 9.53 Å². The molecule has 0 spiro atoms. The minimum Gasteiger partial charge on any atom is -0.484 e. The number of nitrogens with one attached hydrogen (secondary N) is 2. The van der Waals surface area contributed by atoms with Crippen LogP contribution in [-0.2, 0) is 4.79 Å². The maximum Gasteiger partial charge on any atom is 0.257 e. The topological polar surface area (TPSA) is 50.4 Å². The van der Waals surface area contributed by atoms with Crippen LogP contribution in [0.4, 0.5) is 5.69 Å². The van der Waals surface area contributed by atoms with Crippen molar-refractivity contribution in [1.29, 1.82) is 0 Å². The van der Waals surface area contributed by atoms with Crippen LogP contribution in [0.15, 0.2) is 24.3 Å². The molecule has 1 aromatic rings. The normalized spacial score (nSPS) is 11.7. The molecule has 0 aliphatic heterocycles. The molecule has 0 saturated heterocycles. The van der Waals surface area contributed by atoms with E-state index in [2.05, 4.69) is 24.5 Å². The van der Waals surface area contributed by atoms with E-state index in [1.165, 1.54) is 6.42 Å². The molecule has 1 atom stereocenters. The number of rotatable bonds is 8. The first-order valence-corrected chi connectivity index (χ1v) is 6.89. The number of amides is 1. The SMILES string of the molecule is CCCC(CC)Nc1cccc(OCC(=O)NC)c1. The van der Waals surface area contributed by atoms with Gasteiger partial charge in [0.25, 0.3) is 5.91 Å². The minimum atomic E-state index is -0.129. The highest BCUT2D eigenvalue weighted by molar-refractivity contribution is 5.77. The fourth-order valence-electron chi connectivity index (χ4n) is 1.86. The molecule has 0 saturated carbocycles. The monoisotopic (exact) mass is 264 g/mol. The first kappa shape index (κ1) is 15.3. The van der Waals surface area contributed by atoms with Crippen molar-refractivity contribution in [2.24, 2.45) is 0 Å². The van der Waals surface area contributed by atoms with Gasteiger partial charge in [0.15, 0.2) is 6.61 Å². The van der Waals surface area contributed by atoms with Crippen LogP contribution in [-0.4, -0.2) is 25.6 Å². The number of benzene rings is 1. The number of anilines is 1. The first-order chi connectivity index (χ1) is 9.19. The van der Waals surface area contributed by atoms with Gasteiger partial charge in [-0.1, -0.05) is 26.3 Å². The predicted octanol–water partition coefficient (Wildman–Crippen LogP) is 2.80. The van der Waals surface area contributed by atoms with Crippen LogP contribution >= 0.6 is 0 Å². The predicted molar refractivity (Wildman–Crippen MR) is 78.6 cm³/mol. The summed E-state index contributed by atoms with van der Waals surface area (Å²) in [5.74, 6) is 0.579. The average Bonchev–Trinajstić information content (AvgIpc) is 2.44. The molecule has 0 bridgehead atoms. The third kappa shape index (κ3) is 5.64. The van der Waals surface area contributed by atoms with E-state index in [1.54, 1.807) is 7.05 Å². The molecular weight excluding hydrogens is 240 g/mol. The van der Waals surface area contributed by atoms with Gasteiger partial charge in [0.2, 0.25) is 0 Å². The second-order valence-electron chi connectivity index (χ2n) is 4.53. The van der Waals surface area contributed by atoms with Gasteiger partial charge < -0.3 is 15.4 Å². The van der Waals surface area contributed by atoms with E-state index in [0.717, 1.165) is 18.5 Å². The highest BCUT2D eigenvalue weighted by Crippen LogP contribution is 2.19. The lowest BCUT2D eigenvalue weighted by Crippen LogP contribution is -2.24. The standard InChI is InChI=1S/C15H24N2O2/c1-4-7-12(5-2)17-13-8-6-9-14(10-13)19-11-15(18)16-3/h6,8-10,12,17H,4-5,7,11H2,1-3H3,(H,16,18). The van der Waals surface area contributed by atoms with Crippen molar-refractivity contribution in [2.75, 3.05) is 19.0 Å². The van der Waals surface area contributed by atoms with Gasteiger partial charge in [0.05, 0.1) is 0 Å². The lowest BCUT2D eigenvalue weighted by atomic mass is 10.1. The largest absolute Gasteiger partial charge is 0.484 e. The Morgan fingerprint density at radius 1 is 1.37 bits per heavy atom. The van der Waals surface area contributed by atoms with Crippen molar-refractivity contribution in [1.82, 2.24) is 5.32 Å². The van der Waals surface area contributed by atoms with Crippen LogP contribution in [0.3, 0.4) is 0 Å². The molecule has 4 heteroatoms. The van der Waals surface area contributed by atoms with Crippen LogP contribution in [0.2, 0.25) is 0 Å². The number of likely N-dealkylation sites (N-methyl/N-ethyl adjacent to an activating group) is 1. The van der Waals surface area contributed by atoms with Crippen LogP contribution in [0.5, 0.6) is 5.75 Å². The third-order valence-electron chi connectivity index (χ3n) is 2.98.